The summed E-state index contributed by atoms with van der Waals surface area (Å²) in [4.78, 5) is 29.2. The summed E-state index contributed by atoms with van der Waals surface area (Å²) in [7, 11) is 1.49. The second-order valence-electron chi connectivity index (χ2n) is 6.52. The van der Waals surface area contributed by atoms with Crippen LogP contribution in [-0.2, 0) is 16.0 Å². The minimum Gasteiger partial charge on any atom is -0.493 e. The molecule has 0 amide bonds. The van der Waals surface area contributed by atoms with Crippen LogP contribution in [0.25, 0.3) is 10.9 Å². The molecule has 8 nitrogen and oxygen atoms in total. The lowest BCUT2D eigenvalue weighted by molar-refractivity contribution is -0.145. The van der Waals surface area contributed by atoms with E-state index < -0.39 is 5.97 Å². The highest BCUT2D eigenvalue weighted by Crippen LogP contribution is 2.33. The molecule has 3 rings (SSSR count). The third-order valence-electron chi connectivity index (χ3n) is 4.44. The molecule has 32 heavy (non-hydrogen) atoms. The molecule has 0 radical (unpaired) electrons. The van der Waals surface area contributed by atoms with Gasteiger partial charge in [-0.05, 0) is 53.2 Å². The summed E-state index contributed by atoms with van der Waals surface area (Å²) in [6.07, 6.45) is 2.07. The number of carbonyl (C=O) groups is 1. The van der Waals surface area contributed by atoms with Crippen molar-refractivity contribution in [2.75, 3.05) is 20.3 Å². The molecule has 2 aromatic carbocycles. The van der Waals surface area contributed by atoms with Crippen molar-refractivity contribution in [3.63, 3.8) is 0 Å². The minimum absolute atomic E-state index is 0.238. The average molecular weight is 567 g/mol. The smallest absolute Gasteiger partial charge is 0.344 e. The van der Waals surface area contributed by atoms with Crippen molar-refractivity contribution in [3.8, 4) is 11.5 Å². The second kappa shape index (κ2) is 10.7. The molecule has 10 heteroatoms. The predicted octanol–water partition coefficient (Wildman–Crippen LogP) is 4.32. The summed E-state index contributed by atoms with van der Waals surface area (Å²) in [5.41, 5.74) is 1.00. The number of esters is 1. The predicted molar refractivity (Wildman–Crippen MR) is 129 cm³/mol. The van der Waals surface area contributed by atoms with E-state index in [9.17, 15) is 9.59 Å². The van der Waals surface area contributed by atoms with E-state index in [0.717, 1.165) is 4.47 Å². The molecule has 0 fully saturated rings. The van der Waals surface area contributed by atoms with Crippen LogP contribution in [0, 0.1) is 0 Å². The second-order valence-corrected chi connectivity index (χ2v) is 8.29. The SMILES string of the molecule is CCOC(=O)COc1cc(Br)c(C=Nn2c(CC)nc3ccc(Br)cc3c2=O)cc1OC. The maximum Gasteiger partial charge on any atom is 0.344 e. The molecule has 0 N–H and O–H groups in total. The monoisotopic (exact) mass is 565 g/mol. The van der Waals surface area contributed by atoms with Crippen LogP contribution < -0.4 is 15.0 Å². The van der Waals surface area contributed by atoms with Gasteiger partial charge in [0, 0.05) is 20.9 Å². The van der Waals surface area contributed by atoms with Crippen LogP contribution in [-0.4, -0.2) is 42.2 Å². The number of ether oxygens (including phenoxy) is 3. The highest BCUT2D eigenvalue weighted by molar-refractivity contribution is 9.10. The van der Waals surface area contributed by atoms with E-state index in [0.29, 0.717) is 44.7 Å². The summed E-state index contributed by atoms with van der Waals surface area (Å²) in [6, 6.07) is 8.72. The van der Waals surface area contributed by atoms with E-state index >= 15 is 0 Å². The molecule has 0 aliphatic carbocycles. The standard InChI is InChI=1S/C22H21Br2N3O5/c1-4-20-26-17-7-6-14(23)9-15(17)22(29)27(20)25-11-13-8-18(30-3)19(10-16(13)24)32-12-21(28)31-5-2/h6-11H,4-5,12H2,1-3H3. The fourth-order valence-electron chi connectivity index (χ4n) is 2.92. The number of rotatable bonds is 8. The molecule has 0 atom stereocenters. The Morgan fingerprint density at radius 2 is 1.97 bits per heavy atom. The van der Waals surface area contributed by atoms with Gasteiger partial charge in [0.1, 0.15) is 5.82 Å². The van der Waals surface area contributed by atoms with Gasteiger partial charge in [0.25, 0.3) is 5.56 Å². The van der Waals surface area contributed by atoms with Crippen molar-refractivity contribution >= 4 is 54.9 Å². The van der Waals surface area contributed by atoms with Crippen LogP contribution in [0.3, 0.4) is 0 Å². The third kappa shape index (κ3) is 5.36. The van der Waals surface area contributed by atoms with Crippen molar-refractivity contribution in [1.29, 1.82) is 0 Å². The number of carbonyl (C=O) groups excluding carboxylic acids is 1. The summed E-state index contributed by atoms with van der Waals surface area (Å²) in [6.45, 7) is 3.67. The number of aromatic nitrogens is 2. The van der Waals surface area contributed by atoms with Crippen LogP contribution in [0.4, 0.5) is 0 Å². The molecular formula is C22H21Br2N3O5. The molecule has 0 bridgehead atoms. The van der Waals surface area contributed by atoms with E-state index in [1.807, 2.05) is 13.0 Å². The first kappa shape index (κ1) is 23.9. The number of hydrogen-bond acceptors (Lipinski definition) is 7. The molecule has 0 aliphatic rings. The average Bonchev–Trinajstić information content (AvgIpc) is 2.78. The lowest BCUT2D eigenvalue weighted by Crippen LogP contribution is -2.22. The summed E-state index contributed by atoms with van der Waals surface area (Å²) >= 11 is 6.86. The van der Waals surface area contributed by atoms with Gasteiger partial charge in [0.15, 0.2) is 18.1 Å². The maximum absolute atomic E-state index is 13.0. The Hall–Kier alpha value is -2.72. The molecule has 0 unspecified atom stereocenters. The molecule has 3 aromatic rings. The van der Waals surface area contributed by atoms with Crippen molar-refractivity contribution in [2.45, 2.75) is 20.3 Å². The zero-order valence-corrected chi connectivity index (χ0v) is 20.9. The zero-order valence-electron chi connectivity index (χ0n) is 17.7. The highest BCUT2D eigenvalue weighted by Gasteiger charge is 2.13. The Balaban J connectivity index is 1.97. The lowest BCUT2D eigenvalue weighted by Gasteiger charge is -2.12. The van der Waals surface area contributed by atoms with Crippen molar-refractivity contribution in [2.24, 2.45) is 5.10 Å². The van der Waals surface area contributed by atoms with E-state index in [2.05, 4.69) is 41.9 Å². The number of methoxy groups -OCH3 is 1. The van der Waals surface area contributed by atoms with Crippen molar-refractivity contribution < 1.29 is 19.0 Å². The number of fused-ring (bicyclic) bond motifs is 1. The van der Waals surface area contributed by atoms with E-state index in [1.165, 1.54) is 18.0 Å². The summed E-state index contributed by atoms with van der Waals surface area (Å²) < 4.78 is 18.5. The van der Waals surface area contributed by atoms with E-state index in [-0.39, 0.29) is 18.8 Å². The first-order valence-corrected chi connectivity index (χ1v) is 11.4. The first-order chi connectivity index (χ1) is 15.4. The molecule has 0 aliphatic heterocycles. The van der Waals surface area contributed by atoms with Gasteiger partial charge in [-0.2, -0.15) is 9.78 Å². The molecule has 0 saturated heterocycles. The van der Waals surface area contributed by atoms with Gasteiger partial charge >= 0.3 is 5.97 Å². The molecule has 1 aromatic heterocycles. The number of hydrogen-bond donors (Lipinski definition) is 0. The largest absolute Gasteiger partial charge is 0.493 e. The van der Waals surface area contributed by atoms with Crippen LogP contribution in [0.1, 0.15) is 25.2 Å². The van der Waals surface area contributed by atoms with Gasteiger partial charge in [0.05, 0.1) is 30.8 Å². The Morgan fingerprint density at radius 1 is 1.19 bits per heavy atom. The van der Waals surface area contributed by atoms with Crippen LogP contribution in [0.15, 0.2) is 49.2 Å². The van der Waals surface area contributed by atoms with E-state index in [1.54, 1.807) is 31.2 Å². The van der Waals surface area contributed by atoms with Crippen LogP contribution >= 0.6 is 31.9 Å². The van der Waals surface area contributed by atoms with Gasteiger partial charge in [-0.3, -0.25) is 4.79 Å². The Kier molecular flexibility index (Phi) is 8.03. The van der Waals surface area contributed by atoms with Gasteiger partial charge in [0.2, 0.25) is 0 Å². The quantitative estimate of drug-likeness (QED) is 0.298. The molecule has 0 spiro atoms. The lowest BCUT2D eigenvalue weighted by atomic mass is 10.2. The fourth-order valence-corrected chi connectivity index (χ4v) is 3.71. The highest BCUT2D eigenvalue weighted by atomic mass is 79.9. The summed E-state index contributed by atoms with van der Waals surface area (Å²) in [5.74, 6) is 0.840. The van der Waals surface area contributed by atoms with Gasteiger partial charge in [-0.1, -0.05) is 22.9 Å². The zero-order chi connectivity index (χ0) is 23.3. The number of halogens is 2. The number of benzene rings is 2. The molecule has 0 saturated carbocycles. The van der Waals surface area contributed by atoms with Gasteiger partial charge in [-0.15, -0.1) is 0 Å². The van der Waals surface area contributed by atoms with E-state index in [4.69, 9.17) is 14.2 Å². The van der Waals surface area contributed by atoms with Gasteiger partial charge < -0.3 is 14.2 Å². The minimum atomic E-state index is -0.474. The Labute approximate surface area is 201 Å². The number of nitrogens with zero attached hydrogens (tertiary/aromatic N) is 3. The van der Waals surface area contributed by atoms with Crippen molar-refractivity contribution in [3.05, 3.63) is 61.0 Å². The maximum atomic E-state index is 13.0. The Bertz CT molecular complexity index is 1240. The van der Waals surface area contributed by atoms with Crippen LogP contribution in [0.2, 0.25) is 0 Å². The topological polar surface area (TPSA) is 92.0 Å². The normalized spacial score (nSPS) is 11.2. The molecule has 168 valence electrons. The van der Waals surface area contributed by atoms with Crippen LogP contribution in [0.5, 0.6) is 11.5 Å². The molecular weight excluding hydrogens is 546 g/mol. The summed E-state index contributed by atoms with van der Waals surface area (Å²) in [5, 5.41) is 4.86. The first-order valence-electron chi connectivity index (χ1n) is 9.79. The third-order valence-corrected chi connectivity index (χ3v) is 5.62. The Morgan fingerprint density at radius 3 is 2.66 bits per heavy atom. The van der Waals surface area contributed by atoms with Crippen molar-refractivity contribution in [1.82, 2.24) is 9.66 Å². The fraction of sp³-hybridized carbons (Fsp3) is 0.273. The van der Waals surface area contributed by atoms with Gasteiger partial charge in [-0.25, -0.2) is 9.78 Å². The number of aryl methyl sites for hydroxylation is 1. The molecule has 1 heterocycles.